The molecule has 0 atom stereocenters. The molecular weight excluding hydrogens is 372 g/mol. The molecule has 0 saturated carbocycles. The predicted molar refractivity (Wildman–Crippen MR) is 107 cm³/mol. The van der Waals surface area contributed by atoms with Crippen LogP contribution in [0.3, 0.4) is 0 Å². The van der Waals surface area contributed by atoms with E-state index in [1.807, 2.05) is 24.4 Å². The molecule has 0 fully saturated rings. The minimum absolute atomic E-state index is 0.0139. The summed E-state index contributed by atoms with van der Waals surface area (Å²) in [5.41, 5.74) is 2.15. The van der Waals surface area contributed by atoms with E-state index in [4.69, 9.17) is 18.9 Å². The predicted octanol–water partition coefficient (Wildman–Crippen LogP) is 2.95. The van der Waals surface area contributed by atoms with Gasteiger partial charge in [-0.2, -0.15) is 0 Å². The van der Waals surface area contributed by atoms with Gasteiger partial charge in [-0.25, -0.2) is 4.57 Å². The molecule has 2 aromatic carbocycles. The molecule has 0 unspecified atom stereocenters. The maximum Gasteiger partial charge on any atom is 0.287 e. The summed E-state index contributed by atoms with van der Waals surface area (Å²) >= 11 is 0. The summed E-state index contributed by atoms with van der Waals surface area (Å²) in [4.78, 5) is 16.9. The number of hydrogen-bond donors (Lipinski definition) is 0. The lowest BCUT2D eigenvalue weighted by molar-refractivity contribution is -0.686. The van der Waals surface area contributed by atoms with Crippen LogP contribution in [-0.4, -0.2) is 39.2 Å². The fourth-order valence-corrected chi connectivity index (χ4v) is 2.91. The summed E-state index contributed by atoms with van der Waals surface area (Å²) in [6.45, 7) is 0.189. The second kappa shape index (κ2) is 9.05. The number of Topliss-reactive ketones (excluding diaryl/α,β-unsaturated/α-hetero) is 1. The van der Waals surface area contributed by atoms with Crippen molar-refractivity contribution in [3.8, 4) is 34.3 Å². The molecule has 0 spiro atoms. The van der Waals surface area contributed by atoms with Crippen molar-refractivity contribution in [2.24, 2.45) is 0 Å². The Morgan fingerprint density at radius 2 is 1.55 bits per heavy atom. The highest BCUT2D eigenvalue weighted by atomic mass is 16.5. The van der Waals surface area contributed by atoms with E-state index in [2.05, 4.69) is 4.98 Å². The number of methoxy groups -OCH3 is 4. The zero-order valence-electron chi connectivity index (χ0n) is 16.8. The highest BCUT2D eigenvalue weighted by Crippen LogP contribution is 2.40. The quantitative estimate of drug-likeness (QED) is 0.431. The van der Waals surface area contributed by atoms with Crippen molar-refractivity contribution in [1.29, 1.82) is 0 Å². The Kier molecular flexibility index (Phi) is 6.29. The molecule has 0 saturated heterocycles. The maximum absolute atomic E-state index is 12.5. The first-order valence-electron chi connectivity index (χ1n) is 8.92. The molecule has 0 radical (unpaired) electrons. The van der Waals surface area contributed by atoms with Crippen LogP contribution in [0, 0.1) is 0 Å². The molecule has 0 amide bonds. The van der Waals surface area contributed by atoms with Crippen molar-refractivity contribution >= 4 is 5.78 Å². The zero-order chi connectivity index (χ0) is 20.8. The molecule has 0 aliphatic heterocycles. The van der Waals surface area contributed by atoms with E-state index >= 15 is 0 Å². The van der Waals surface area contributed by atoms with Crippen LogP contribution in [0.2, 0.25) is 0 Å². The molecule has 7 heteroatoms. The lowest BCUT2D eigenvalue weighted by Crippen LogP contribution is -2.37. The fourth-order valence-electron chi connectivity index (χ4n) is 2.91. The summed E-state index contributed by atoms with van der Waals surface area (Å²) in [5, 5.41) is 0. The van der Waals surface area contributed by atoms with Gasteiger partial charge in [0.15, 0.2) is 23.7 Å². The number of aromatic nitrogens is 2. The van der Waals surface area contributed by atoms with Crippen LogP contribution in [0.4, 0.5) is 0 Å². The number of rotatable bonds is 8. The lowest BCUT2D eigenvalue weighted by atomic mass is 10.1. The summed E-state index contributed by atoms with van der Waals surface area (Å²) in [6.07, 6.45) is 3.44. The van der Waals surface area contributed by atoms with Crippen LogP contribution < -0.4 is 23.5 Å². The third-order valence-electron chi connectivity index (χ3n) is 4.47. The summed E-state index contributed by atoms with van der Waals surface area (Å²) in [5.74, 6) is 2.32. The Labute approximate surface area is 169 Å². The number of ketones is 1. The molecular formula is C22H23N2O5+. The normalized spacial score (nSPS) is 10.3. The van der Waals surface area contributed by atoms with Crippen molar-refractivity contribution in [3.63, 3.8) is 0 Å². The van der Waals surface area contributed by atoms with Gasteiger partial charge in [-0.15, -0.1) is 0 Å². The SMILES string of the molecule is COc1ccc(C(=O)C[n+]2ccc(-c3cc(OC)c(OC)c(OC)c3)nc2)cc1. The van der Waals surface area contributed by atoms with Gasteiger partial charge in [-0.3, -0.25) is 4.79 Å². The molecule has 7 nitrogen and oxygen atoms in total. The number of hydrogen-bond acceptors (Lipinski definition) is 6. The molecule has 0 bridgehead atoms. The van der Waals surface area contributed by atoms with Gasteiger partial charge in [0.1, 0.15) is 5.75 Å². The van der Waals surface area contributed by atoms with Crippen molar-refractivity contribution in [1.82, 2.24) is 4.98 Å². The Hall–Kier alpha value is -3.61. The molecule has 150 valence electrons. The average molecular weight is 395 g/mol. The van der Waals surface area contributed by atoms with Gasteiger partial charge < -0.3 is 18.9 Å². The standard InChI is InChI=1S/C22H23N2O5/c1-26-17-7-5-15(6-8-17)19(25)13-24-10-9-18(23-14-24)16-11-20(27-2)22(29-4)21(12-16)28-3/h5-12,14H,13H2,1-4H3/q+1. The number of carbonyl (C=O) groups excluding carboxylic acids is 1. The van der Waals surface area contributed by atoms with Gasteiger partial charge in [-0.1, -0.05) is 0 Å². The molecule has 3 rings (SSSR count). The minimum atomic E-state index is -0.0139. The Morgan fingerprint density at radius 1 is 0.897 bits per heavy atom. The molecule has 3 aromatic rings. The van der Waals surface area contributed by atoms with E-state index in [1.54, 1.807) is 63.6 Å². The van der Waals surface area contributed by atoms with E-state index < -0.39 is 0 Å². The van der Waals surface area contributed by atoms with Crippen LogP contribution in [0.15, 0.2) is 55.0 Å². The van der Waals surface area contributed by atoms with Gasteiger partial charge in [-0.05, 0) is 41.4 Å². The monoisotopic (exact) mass is 395 g/mol. The molecule has 29 heavy (non-hydrogen) atoms. The molecule has 0 N–H and O–H groups in total. The van der Waals surface area contributed by atoms with Crippen molar-refractivity contribution in [3.05, 3.63) is 60.6 Å². The van der Waals surface area contributed by atoms with Gasteiger partial charge >= 0.3 is 0 Å². The molecule has 1 heterocycles. The van der Waals surface area contributed by atoms with Crippen LogP contribution in [0.25, 0.3) is 11.3 Å². The third-order valence-corrected chi connectivity index (χ3v) is 4.47. The van der Waals surface area contributed by atoms with Gasteiger partial charge in [0, 0.05) is 17.2 Å². The Balaban J connectivity index is 1.80. The van der Waals surface area contributed by atoms with E-state index in [-0.39, 0.29) is 12.3 Å². The van der Waals surface area contributed by atoms with Crippen molar-refractivity contribution < 1.29 is 28.3 Å². The number of carbonyl (C=O) groups is 1. The van der Waals surface area contributed by atoms with Crippen LogP contribution in [0.5, 0.6) is 23.0 Å². The largest absolute Gasteiger partial charge is 0.497 e. The smallest absolute Gasteiger partial charge is 0.287 e. The lowest BCUT2D eigenvalue weighted by Gasteiger charge is -2.13. The number of ether oxygens (including phenoxy) is 4. The Morgan fingerprint density at radius 3 is 2.03 bits per heavy atom. The van der Waals surface area contributed by atoms with Crippen LogP contribution >= 0.6 is 0 Å². The second-order valence-corrected chi connectivity index (χ2v) is 6.18. The Bertz CT molecular complexity index is 960. The van der Waals surface area contributed by atoms with Crippen molar-refractivity contribution in [2.45, 2.75) is 6.54 Å². The second-order valence-electron chi connectivity index (χ2n) is 6.18. The van der Waals surface area contributed by atoms with E-state index in [1.165, 1.54) is 0 Å². The minimum Gasteiger partial charge on any atom is -0.497 e. The van der Waals surface area contributed by atoms with Gasteiger partial charge in [0.05, 0.1) is 34.6 Å². The van der Waals surface area contributed by atoms with E-state index in [9.17, 15) is 4.79 Å². The first kappa shape index (κ1) is 20.1. The van der Waals surface area contributed by atoms with Crippen LogP contribution in [0.1, 0.15) is 10.4 Å². The fraction of sp³-hybridized carbons (Fsp3) is 0.227. The maximum atomic E-state index is 12.5. The average Bonchev–Trinajstić information content (AvgIpc) is 2.78. The summed E-state index contributed by atoms with van der Waals surface area (Å²) in [7, 11) is 6.29. The number of nitrogens with zero attached hydrogens (tertiary/aromatic N) is 2. The highest BCUT2D eigenvalue weighted by Gasteiger charge is 2.17. The van der Waals surface area contributed by atoms with E-state index in [0.29, 0.717) is 28.6 Å². The first-order valence-corrected chi connectivity index (χ1v) is 8.92. The molecule has 0 aliphatic rings. The van der Waals surface area contributed by atoms with E-state index in [0.717, 1.165) is 11.3 Å². The highest BCUT2D eigenvalue weighted by molar-refractivity contribution is 5.95. The van der Waals surface area contributed by atoms with Gasteiger partial charge in [0.25, 0.3) is 6.33 Å². The summed E-state index contributed by atoms with van der Waals surface area (Å²) < 4.78 is 23.0. The first-order chi connectivity index (χ1) is 14.1. The van der Waals surface area contributed by atoms with Crippen molar-refractivity contribution in [2.75, 3.05) is 28.4 Å². The van der Waals surface area contributed by atoms with Crippen LogP contribution in [-0.2, 0) is 6.54 Å². The number of benzene rings is 2. The molecule has 1 aromatic heterocycles. The topological polar surface area (TPSA) is 70.8 Å². The summed E-state index contributed by atoms with van der Waals surface area (Å²) in [6, 6.07) is 12.5. The van der Waals surface area contributed by atoms with Gasteiger partial charge in [0.2, 0.25) is 11.5 Å². The molecule has 0 aliphatic carbocycles. The zero-order valence-corrected chi connectivity index (χ0v) is 16.8. The third kappa shape index (κ3) is 4.45.